The van der Waals surface area contributed by atoms with E-state index >= 15 is 0 Å². The van der Waals surface area contributed by atoms with Crippen LogP contribution in [0.2, 0.25) is 0 Å². The zero-order chi connectivity index (χ0) is 15.5. The molecule has 3 nitrogen and oxygen atoms in total. The molecule has 1 unspecified atom stereocenters. The van der Waals surface area contributed by atoms with Crippen LogP contribution in [-0.2, 0) is 12.0 Å². The highest BCUT2D eigenvalue weighted by Gasteiger charge is 2.18. The number of hydrogen-bond donors (Lipinski definition) is 1. The molecule has 1 heterocycles. The minimum absolute atomic E-state index is 0.122. The van der Waals surface area contributed by atoms with E-state index in [0.717, 1.165) is 12.3 Å². The standard InChI is InChI=1S/C17H24N2OS/c1-12(14-8-6-7-9-15(14)20-5)18-10-13-11-19-16(21-13)17(2,3)4/h6-9,11-12,18H,10H2,1-5H3. The van der Waals surface area contributed by atoms with Crippen LogP contribution in [-0.4, -0.2) is 12.1 Å². The summed E-state index contributed by atoms with van der Waals surface area (Å²) in [4.78, 5) is 5.79. The number of nitrogens with zero attached hydrogens (tertiary/aromatic N) is 1. The van der Waals surface area contributed by atoms with E-state index in [2.05, 4.69) is 44.1 Å². The van der Waals surface area contributed by atoms with Gasteiger partial charge in [0, 0.05) is 34.6 Å². The summed E-state index contributed by atoms with van der Waals surface area (Å²) < 4.78 is 5.42. The zero-order valence-electron chi connectivity index (χ0n) is 13.4. The Hall–Kier alpha value is -1.39. The van der Waals surface area contributed by atoms with Gasteiger partial charge < -0.3 is 10.1 Å². The van der Waals surface area contributed by atoms with Gasteiger partial charge in [-0.3, -0.25) is 0 Å². The highest BCUT2D eigenvalue weighted by Crippen LogP contribution is 2.28. The van der Waals surface area contributed by atoms with Crippen LogP contribution in [0.5, 0.6) is 5.75 Å². The normalized spacial score (nSPS) is 13.2. The molecule has 1 atom stereocenters. The summed E-state index contributed by atoms with van der Waals surface area (Å²) in [6.07, 6.45) is 1.98. The molecular weight excluding hydrogens is 280 g/mol. The first-order chi connectivity index (χ1) is 9.91. The van der Waals surface area contributed by atoms with Crippen LogP contribution in [0.1, 0.15) is 49.2 Å². The minimum Gasteiger partial charge on any atom is -0.496 e. The molecule has 0 saturated carbocycles. The summed E-state index contributed by atoms with van der Waals surface area (Å²) in [5.41, 5.74) is 1.30. The van der Waals surface area contributed by atoms with Gasteiger partial charge in [-0.25, -0.2) is 4.98 Å². The molecule has 0 spiro atoms. The molecule has 0 radical (unpaired) electrons. The molecule has 21 heavy (non-hydrogen) atoms. The van der Waals surface area contributed by atoms with Gasteiger partial charge in [0.05, 0.1) is 12.1 Å². The molecule has 0 bridgehead atoms. The van der Waals surface area contributed by atoms with Gasteiger partial charge in [-0.2, -0.15) is 0 Å². The number of rotatable bonds is 5. The van der Waals surface area contributed by atoms with Crippen molar-refractivity contribution in [3.05, 3.63) is 45.9 Å². The summed E-state index contributed by atoms with van der Waals surface area (Å²) >= 11 is 1.78. The Morgan fingerprint density at radius 3 is 2.62 bits per heavy atom. The Morgan fingerprint density at radius 2 is 2.00 bits per heavy atom. The second kappa shape index (κ2) is 6.58. The highest BCUT2D eigenvalue weighted by atomic mass is 32.1. The highest BCUT2D eigenvalue weighted by molar-refractivity contribution is 7.11. The van der Waals surface area contributed by atoms with Crippen molar-refractivity contribution >= 4 is 11.3 Å². The topological polar surface area (TPSA) is 34.1 Å². The van der Waals surface area contributed by atoms with Crippen molar-refractivity contribution in [3.8, 4) is 5.75 Å². The lowest BCUT2D eigenvalue weighted by Crippen LogP contribution is -2.18. The molecule has 1 aromatic carbocycles. The fourth-order valence-electron chi connectivity index (χ4n) is 2.12. The first-order valence-electron chi connectivity index (χ1n) is 7.23. The van der Waals surface area contributed by atoms with Crippen molar-refractivity contribution in [3.63, 3.8) is 0 Å². The van der Waals surface area contributed by atoms with E-state index in [1.54, 1.807) is 18.4 Å². The van der Waals surface area contributed by atoms with Crippen LogP contribution in [0, 0.1) is 0 Å². The van der Waals surface area contributed by atoms with Crippen LogP contribution < -0.4 is 10.1 Å². The number of nitrogens with one attached hydrogen (secondary N) is 1. The molecule has 1 N–H and O–H groups in total. The Bertz CT molecular complexity index is 586. The summed E-state index contributed by atoms with van der Waals surface area (Å²) in [6, 6.07) is 8.37. The van der Waals surface area contributed by atoms with Crippen molar-refractivity contribution in [1.29, 1.82) is 0 Å². The fourth-order valence-corrected chi connectivity index (χ4v) is 3.04. The van der Waals surface area contributed by atoms with E-state index in [0.29, 0.717) is 0 Å². The molecule has 0 aliphatic heterocycles. The second-order valence-corrected chi connectivity index (χ2v) is 7.34. The number of para-hydroxylation sites is 1. The van der Waals surface area contributed by atoms with Gasteiger partial charge in [0.1, 0.15) is 5.75 Å². The van der Waals surface area contributed by atoms with E-state index in [1.807, 2.05) is 24.4 Å². The fraction of sp³-hybridized carbons (Fsp3) is 0.471. The average Bonchev–Trinajstić information content (AvgIpc) is 2.93. The third-order valence-electron chi connectivity index (χ3n) is 3.38. The molecule has 2 rings (SSSR count). The number of thiazole rings is 1. The molecule has 0 fully saturated rings. The smallest absolute Gasteiger partial charge is 0.123 e. The van der Waals surface area contributed by atoms with Crippen LogP contribution in [0.15, 0.2) is 30.5 Å². The number of benzene rings is 1. The van der Waals surface area contributed by atoms with E-state index < -0.39 is 0 Å². The van der Waals surface area contributed by atoms with Crippen LogP contribution in [0.4, 0.5) is 0 Å². The van der Waals surface area contributed by atoms with Crippen molar-refractivity contribution in [2.75, 3.05) is 7.11 Å². The Labute approximate surface area is 131 Å². The summed E-state index contributed by atoms with van der Waals surface area (Å²) in [5.74, 6) is 0.928. The third-order valence-corrected chi connectivity index (χ3v) is 4.81. The van der Waals surface area contributed by atoms with Gasteiger partial charge in [-0.05, 0) is 13.0 Å². The van der Waals surface area contributed by atoms with Gasteiger partial charge >= 0.3 is 0 Å². The second-order valence-electron chi connectivity index (χ2n) is 6.23. The zero-order valence-corrected chi connectivity index (χ0v) is 14.3. The van der Waals surface area contributed by atoms with E-state index in [4.69, 9.17) is 4.74 Å². The van der Waals surface area contributed by atoms with Gasteiger partial charge in [0.15, 0.2) is 0 Å². The molecule has 0 aliphatic carbocycles. The quantitative estimate of drug-likeness (QED) is 0.894. The first-order valence-corrected chi connectivity index (χ1v) is 8.05. The van der Waals surface area contributed by atoms with E-state index in [9.17, 15) is 0 Å². The Morgan fingerprint density at radius 1 is 1.29 bits per heavy atom. The largest absolute Gasteiger partial charge is 0.496 e. The van der Waals surface area contributed by atoms with Gasteiger partial charge in [0.2, 0.25) is 0 Å². The molecule has 0 amide bonds. The maximum Gasteiger partial charge on any atom is 0.123 e. The first kappa shape index (κ1) is 16.0. The average molecular weight is 304 g/mol. The Balaban J connectivity index is 2.01. The summed E-state index contributed by atoms with van der Waals surface area (Å²) in [5, 5.41) is 4.73. The molecule has 0 aliphatic rings. The predicted octanol–water partition coefficient (Wildman–Crippen LogP) is 4.30. The van der Waals surface area contributed by atoms with Crippen LogP contribution >= 0.6 is 11.3 Å². The van der Waals surface area contributed by atoms with Crippen molar-refractivity contribution in [2.45, 2.75) is 45.7 Å². The van der Waals surface area contributed by atoms with Crippen LogP contribution in [0.25, 0.3) is 0 Å². The van der Waals surface area contributed by atoms with Gasteiger partial charge in [-0.15, -0.1) is 11.3 Å². The van der Waals surface area contributed by atoms with Crippen molar-refractivity contribution < 1.29 is 4.74 Å². The SMILES string of the molecule is COc1ccccc1C(C)NCc1cnc(C(C)(C)C)s1. The molecular formula is C17H24N2OS. The molecule has 4 heteroatoms. The van der Waals surface area contributed by atoms with E-state index in [-0.39, 0.29) is 11.5 Å². The number of ether oxygens (including phenoxy) is 1. The molecule has 0 saturated heterocycles. The number of aromatic nitrogens is 1. The number of methoxy groups -OCH3 is 1. The summed E-state index contributed by atoms with van der Waals surface area (Å²) in [7, 11) is 1.71. The maximum absolute atomic E-state index is 5.42. The molecule has 1 aromatic heterocycles. The Kier molecular flexibility index (Phi) is 5.01. The van der Waals surface area contributed by atoms with Gasteiger partial charge in [-0.1, -0.05) is 39.0 Å². The summed E-state index contributed by atoms with van der Waals surface area (Å²) in [6.45, 7) is 9.57. The van der Waals surface area contributed by atoms with E-state index in [1.165, 1.54) is 15.4 Å². The van der Waals surface area contributed by atoms with Crippen LogP contribution in [0.3, 0.4) is 0 Å². The molecule has 2 aromatic rings. The van der Waals surface area contributed by atoms with Crippen molar-refractivity contribution in [2.24, 2.45) is 0 Å². The predicted molar refractivity (Wildman–Crippen MR) is 89.1 cm³/mol. The van der Waals surface area contributed by atoms with Crippen molar-refractivity contribution in [1.82, 2.24) is 10.3 Å². The monoisotopic (exact) mass is 304 g/mol. The third kappa shape index (κ3) is 4.05. The lowest BCUT2D eigenvalue weighted by atomic mass is 9.98. The minimum atomic E-state index is 0.122. The number of hydrogen-bond acceptors (Lipinski definition) is 4. The lowest BCUT2D eigenvalue weighted by Gasteiger charge is -2.16. The van der Waals surface area contributed by atoms with Gasteiger partial charge in [0.25, 0.3) is 0 Å². The maximum atomic E-state index is 5.42. The lowest BCUT2D eigenvalue weighted by molar-refractivity contribution is 0.401. The molecule has 114 valence electrons.